The summed E-state index contributed by atoms with van der Waals surface area (Å²) in [6.45, 7) is 0.576. The molecule has 116 valence electrons. The normalized spacial score (nSPS) is 10.5. The van der Waals surface area contributed by atoms with Gasteiger partial charge in [0.05, 0.1) is 34.1 Å². The van der Waals surface area contributed by atoms with Gasteiger partial charge in [0.25, 0.3) is 0 Å². The minimum Gasteiger partial charge on any atom is -0.497 e. The summed E-state index contributed by atoms with van der Waals surface area (Å²) in [6, 6.07) is 13.4. The fourth-order valence-corrected chi connectivity index (χ4v) is 2.04. The molecule has 22 heavy (non-hydrogen) atoms. The largest absolute Gasteiger partial charge is 0.497 e. The van der Waals surface area contributed by atoms with Crippen LogP contribution in [0.4, 0.5) is 0 Å². The quantitative estimate of drug-likeness (QED) is 0.631. The Morgan fingerprint density at radius 1 is 0.955 bits per heavy atom. The van der Waals surface area contributed by atoms with Gasteiger partial charge in [-0.25, -0.2) is 0 Å². The minimum absolute atomic E-state index is 0.576. The minimum atomic E-state index is 0.576. The van der Waals surface area contributed by atoms with Gasteiger partial charge >= 0.3 is 0 Å². The van der Waals surface area contributed by atoms with E-state index in [2.05, 4.69) is 10.5 Å². The lowest BCUT2D eigenvalue weighted by atomic mass is 10.2. The average Bonchev–Trinajstić information content (AvgIpc) is 2.58. The van der Waals surface area contributed by atoms with Crippen LogP contribution >= 0.6 is 0 Å². The van der Waals surface area contributed by atoms with Crippen molar-refractivity contribution in [3.05, 3.63) is 53.6 Å². The summed E-state index contributed by atoms with van der Waals surface area (Å²) in [5.74, 6) is 2.33. The van der Waals surface area contributed by atoms with Gasteiger partial charge in [0, 0.05) is 11.1 Å². The average molecular weight is 300 g/mol. The molecule has 0 atom stereocenters. The maximum Gasteiger partial charge on any atom is 0.127 e. The topological polar surface area (TPSA) is 52.1 Å². The first-order valence-corrected chi connectivity index (χ1v) is 6.88. The molecule has 0 bridgehead atoms. The van der Waals surface area contributed by atoms with Crippen molar-refractivity contribution >= 4 is 6.21 Å². The molecule has 0 heterocycles. The fourth-order valence-electron chi connectivity index (χ4n) is 2.04. The first kappa shape index (κ1) is 15.7. The second kappa shape index (κ2) is 7.93. The number of hydrogen-bond acceptors (Lipinski definition) is 5. The van der Waals surface area contributed by atoms with Gasteiger partial charge in [-0.05, 0) is 24.3 Å². The Kier molecular flexibility index (Phi) is 5.65. The molecule has 1 N–H and O–H groups in total. The maximum atomic E-state index is 5.30. The summed E-state index contributed by atoms with van der Waals surface area (Å²) < 4.78 is 15.8. The smallest absolute Gasteiger partial charge is 0.127 e. The SMILES string of the molecule is COc1ccc(OC)c(/C=N\NCc2ccccc2OC)c1. The molecule has 0 saturated carbocycles. The lowest BCUT2D eigenvalue weighted by molar-refractivity contribution is 0.402. The third-order valence-corrected chi connectivity index (χ3v) is 3.19. The van der Waals surface area contributed by atoms with Crippen molar-refractivity contribution in [2.75, 3.05) is 21.3 Å². The molecule has 2 aromatic rings. The number of methoxy groups -OCH3 is 3. The lowest BCUT2D eigenvalue weighted by Crippen LogP contribution is -2.07. The van der Waals surface area contributed by atoms with E-state index < -0.39 is 0 Å². The van der Waals surface area contributed by atoms with Crippen molar-refractivity contribution < 1.29 is 14.2 Å². The summed E-state index contributed by atoms with van der Waals surface area (Å²) in [7, 11) is 4.91. The monoisotopic (exact) mass is 300 g/mol. The molecule has 0 spiro atoms. The number of ether oxygens (including phenoxy) is 3. The molecule has 0 fully saturated rings. The van der Waals surface area contributed by atoms with Gasteiger partial charge in [0.15, 0.2) is 0 Å². The molecule has 0 aliphatic carbocycles. The highest BCUT2D eigenvalue weighted by Crippen LogP contribution is 2.22. The third-order valence-electron chi connectivity index (χ3n) is 3.19. The van der Waals surface area contributed by atoms with Crippen LogP contribution in [0, 0.1) is 0 Å². The van der Waals surface area contributed by atoms with E-state index in [4.69, 9.17) is 14.2 Å². The Morgan fingerprint density at radius 3 is 2.45 bits per heavy atom. The summed E-state index contributed by atoms with van der Waals surface area (Å²) in [6.07, 6.45) is 1.71. The second-order valence-electron chi connectivity index (χ2n) is 4.51. The zero-order chi connectivity index (χ0) is 15.8. The van der Waals surface area contributed by atoms with Crippen LogP contribution in [-0.4, -0.2) is 27.5 Å². The van der Waals surface area contributed by atoms with E-state index in [9.17, 15) is 0 Å². The molecule has 0 radical (unpaired) electrons. The van der Waals surface area contributed by atoms with Crippen LogP contribution in [0.5, 0.6) is 17.2 Å². The van der Waals surface area contributed by atoms with Crippen LogP contribution in [0.1, 0.15) is 11.1 Å². The van der Waals surface area contributed by atoms with Crippen LogP contribution in [0.3, 0.4) is 0 Å². The predicted molar refractivity (Wildman–Crippen MR) is 87.0 cm³/mol. The molecule has 0 unspecified atom stereocenters. The van der Waals surface area contributed by atoms with Gasteiger partial charge in [0.1, 0.15) is 17.2 Å². The fraction of sp³-hybridized carbons (Fsp3) is 0.235. The van der Waals surface area contributed by atoms with Gasteiger partial charge < -0.3 is 19.6 Å². The molecule has 0 saturated heterocycles. The van der Waals surface area contributed by atoms with Gasteiger partial charge in [-0.3, -0.25) is 0 Å². The van der Waals surface area contributed by atoms with E-state index in [1.54, 1.807) is 27.5 Å². The number of hydrazone groups is 1. The zero-order valence-corrected chi connectivity index (χ0v) is 13.0. The Balaban J connectivity index is 2.03. The number of nitrogens with zero attached hydrogens (tertiary/aromatic N) is 1. The van der Waals surface area contributed by atoms with Crippen LogP contribution < -0.4 is 19.6 Å². The second-order valence-corrected chi connectivity index (χ2v) is 4.51. The van der Waals surface area contributed by atoms with Crippen molar-refractivity contribution in [2.45, 2.75) is 6.54 Å². The summed E-state index contributed by atoms with van der Waals surface area (Å²) in [4.78, 5) is 0. The van der Waals surface area contributed by atoms with Crippen LogP contribution in [0.2, 0.25) is 0 Å². The first-order chi connectivity index (χ1) is 10.8. The Hall–Kier alpha value is -2.69. The predicted octanol–water partition coefficient (Wildman–Crippen LogP) is 2.84. The van der Waals surface area contributed by atoms with Crippen molar-refractivity contribution in [3.63, 3.8) is 0 Å². The Labute approximate surface area is 130 Å². The maximum absolute atomic E-state index is 5.30. The number of para-hydroxylation sites is 1. The molecule has 5 nitrogen and oxygen atoms in total. The highest BCUT2D eigenvalue weighted by Gasteiger charge is 2.03. The molecular formula is C17H20N2O3. The summed E-state index contributed by atoms with van der Waals surface area (Å²) in [5.41, 5.74) is 4.89. The van der Waals surface area contributed by atoms with Crippen molar-refractivity contribution in [1.82, 2.24) is 5.43 Å². The van der Waals surface area contributed by atoms with Gasteiger partial charge in [-0.2, -0.15) is 5.10 Å². The standard InChI is InChI=1S/C17H20N2O3/c1-20-15-8-9-17(22-3)14(10-15)12-19-18-11-13-6-4-5-7-16(13)21-2/h4-10,12,18H,11H2,1-3H3/b19-12-. The summed E-state index contributed by atoms with van der Waals surface area (Å²) >= 11 is 0. The van der Waals surface area contributed by atoms with E-state index >= 15 is 0 Å². The molecular weight excluding hydrogens is 280 g/mol. The van der Waals surface area contributed by atoms with E-state index in [1.165, 1.54) is 0 Å². The van der Waals surface area contributed by atoms with Gasteiger partial charge in [0.2, 0.25) is 0 Å². The number of rotatable bonds is 7. The van der Waals surface area contributed by atoms with Crippen molar-refractivity contribution in [3.8, 4) is 17.2 Å². The Bertz CT molecular complexity index is 642. The number of benzene rings is 2. The Morgan fingerprint density at radius 2 is 1.73 bits per heavy atom. The number of nitrogens with one attached hydrogen (secondary N) is 1. The van der Waals surface area contributed by atoms with Crippen molar-refractivity contribution in [1.29, 1.82) is 0 Å². The number of hydrogen-bond donors (Lipinski definition) is 1. The van der Waals surface area contributed by atoms with Crippen molar-refractivity contribution in [2.24, 2.45) is 5.10 Å². The highest BCUT2D eigenvalue weighted by molar-refractivity contribution is 5.84. The van der Waals surface area contributed by atoms with Crippen LogP contribution in [-0.2, 0) is 6.54 Å². The molecule has 0 aromatic heterocycles. The molecule has 0 aliphatic heterocycles. The lowest BCUT2D eigenvalue weighted by Gasteiger charge is -2.08. The zero-order valence-electron chi connectivity index (χ0n) is 13.0. The van der Waals surface area contributed by atoms with E-state index in [0.717, 1.165) is 28.4 Å². The van der Waals surface area contributed by atoms with Gasteiger partial charge in [-0.15, -0.1) is 0 Å². The van der Waals surface area contributed by atoms with E-state index in [0.29, 0.717) is 6.54 Å². The third kappa shape index (κ3) is 3.91. The van der Waals surface area contributed by atoms with E-state index in [-0.39, 0.29) is 0 Å². The molecule has 0 amide bonds. The van der Waals surface area contributed by atoms with E-state index in [1.807, 2.05) is 42.5 Å². The van der Waals surface area contributed by atoms with Gasteiger partial charge in [-0.1, -0.05) is 18.2 Å². The van der Waals surface area contributed by atoms with Crippen LogP contribution in [0.15, 0.2) is 47.6 Å². The molecule has 5 heteroatoms. The molecule has 2 aromatic carbocycles. The summed E-state index contributed by atoms with van der Waals surface area (Å²) in [5, 5.41) is 4.23. The van der Waals surface area contributed by atoms with Crippen LogP contribution in [0.25, 0.3) is 0 Å². The molecule has 2 rings (SSSR count). The first-order valence-electron chi connectivity index (χ1n) is 6.88. The highest BCUT2D eigenvalue weighted by atomic mass is 16.5. The molecule has 0 aliphatic rings.